The molecule has 0 aliphatic heterocycles. The lowest BCUT2D eigenvalue weighted by molar-refractivity contribution is -0.124. The number of benzene rings is 1. The standard InChI is InChI=1S/C21H23FN4O3S/c1-10-8-14(6-7-15(10)22)24-19(28)16-12(3)17(26(5)13(16)4)18(27)20(29)25-21-23-11(2)9-30-21/h6-9,18,27H,1-5H3,(H,24,28)(H,23,25,29). The van der Waals surface area contributed by atoms with Gasteiger partial charge in [0.2, 0.25) is 0 Å². The van der Waals surface area contributed by atoms with Gasteiger partial charge in [0.05, 0.1) is 17.0 Å². The number of nitrogens with zero attached hydrogens (tertiary/aromatic N) is 2. The van der Waals surface area contributed by atoms with Gasteiger partial charge in [0.15, 0.2) is 11.2 Å². The van der Waals surface area contributed by atoms with Gasteiger partial charge >= 0.3 is 0 Å². The third-order valence-electron chi connectivity index (χ3n) is 4.98. The maximum atomic E-state index is 13.5. The summed E-state index contributed by atoms with van der Waals surface area (Å²) in [5, 5.41) is 18.2. The summed E-state index contributed by atoms with van der Waals surface area (Å²) in [6.07, 6.45) is -1.48. The summed E-state index contributed by atoms with van der Waals surface area (Å²) >= 11 is 1.26. The van der Waals surface area contributed by atoms with Crippen LogP contribution >= 0.6 is 11.3 Å². The number of thiazole rings is 1. The highest BCUT2D eigenvalue weighted by Gasteiger charge is 2.29. The van der Waals surface area contributed by atoms with Gasteiger partial charge in [0, 0.05) is 23.8 Å². The number of anilines is 2. The smallest absolute Gasteiger partial charge is 0.261 e. The second-order valence-electron chi connectivity index (χ2n) is 7.13. The van der Waals surface area contributed by atoms with E-state index in [4.69, 9.17) is 0 Å². The van der Waals surface area contributed by atoms with E-state index in [0.717, 1.165) is 5.69 Å². The summed E-state index contributed by atoms with van der Waals surface area (Å²) in [6, 6.07) is 4.31. The minimum Gasteiger partial charge on any atom is -0.377 e. The van der Waals surface area contributed by atoms with Crippen molar-refractivity contribution in [3.63, 3.8) is 0 Å². The zero-order chi connectivity index (χ0) is 22.2. The first-order valence-corrected chi connectivity index (χ1v) is 10.1. The Morgan fingerprint density at radius 3 is 2.50 bits per heavy atom. The number of aromatic nitrogens is 2. The van der Waals surface area contributed by atoms with E-state index in [1.807, 2.05) is 0 Å². The molecule has 0 saturated carbocycles. The van der Waals surface area contributed by atoms with Crippen LogP contribution in [0.15, 0.2) is 23.6 Å². The Labute approximate surface area is 177 Å². The van der Waals surface area contributed by atoms with E-state index >= 15 is 0 Å². The van der Waals surface area contributed by atoms with Gasteiger partial charge in [-0.15, -0.1) is 11.3 Å². The number of rotatable bonds is 5. The molecule has 7 nitrogen and oxygen atoms in total. The number of carbonyl (C=O) groups is 2. The molecule has 0 aliphatic rings. The van der Waals surface area contributed by atoms with Crippen molar-refractivity contribution < 1.29 is 19.1 Å². The molecule has 9 heteroatoms. The van der Waals surface area contributed by atoms with Crippen molar-refractivity contribution >= 4 is 34.0 Å². The van der Waals surface area contributed by atoms with Crippen molar-refractivity contribution in [3.8, 4) is 0 Å². The molecular weight excluding hydrogens is 407 g/mol. The van der Waals surface area contributed by atoms with Crippen molar-refractivity contribution in [1.82, 2.24) is 9.55 Å². The molecule has 0 radical (unpaired) electrons. The summed E-state index contributed by atoms with van der Waals surface area (Å²) in [6.45, 7) is 6.83. The summed E-state index contributed by atoms with van der Waals surface area (Å²) in [4.78, 5) is 29.6. The lowest BCUT2D eigenvalue weighted by atomic mass is 10.1. The molecule has 3 N–H and O–H groups in total. The molecule has 2 heterocycles. The molecule has 158 valence electrons. The van der Waals surface area contributed by atoms with Gasteiger partial charge in [-0.3, -0.25) is 14.9 Å². The fraction of sp³-hybridized carbons (Fsp3) is 0.286. The quantitative estimate of drug-likeness (QED) is 0.574. The third-order valence-corrected chi connectivity index (χ3v) is 5.86. The van der Waals surface area contributed by atoms with Gasteiger partial charge in [-0.25, -0.2) is 9.37 Å². The van der Waals surface area contributed by atoms with Gasteiger partial charge < -0.3 is 15.0 Å². The number of amides is 2. The number of aliphatic hydroxyl groups excluding tert-OH is 1. The molecule has 1 unspecified atom stereocenters. The molecule has 0 bridgehead atoms. The van der Waals surface area contributed by atoms with E-state index < -0.39 is 17.9 Å². The molecule has 3 rings (SSSR count). The van der Waals surface area contributed by atoms with Crippen molar-refractivity contribution in [3.05, 3.63) is 63.2 Å². The Bertz CT molecular complexity index is 1140. The first kappa shape index (κ1) is 21.7. The van der Waals surface area contributed by atoms with Crippen LogP contribution in [0.5, 0.6) is 0 Å². The first-order chi connectivity index (χ1) is 14.1. The fourth-order valence-corrected chi connectivity index (χ4v) is 4.04. The Hall–Kier alpha value is -3.04. The number of halogens is 1. The highest BCUT2D eigenvalue weighted by atomic mass is 32.1. The van der Waals surface area contributed by atoms with Crippen LogP contribution in [0.2, 0.25) is 0 Å². The number of carbonyl (C=O) groups excluding carboxylic acids is 2. The van der Waals surface area contributed by atoms with Gasteiger partial charge in [0.1, 0.15) is 5.82 Å². The van der Waals surface area contributed by atoms with Crippen molar-refractivity contribution in [2.24, 2.45) is 7.05 Å². The second kappa shape index (κ2) is 8.37. The van der Waals surface area contributed by atoms with E-state index in [1.165, 1.54) is 23.5 Å². The summed E-state index contributed by atoms with van der Waals surface area (Å²) in [5.41, 5.74) is 3.40. The average molecular weight is 431 g/mol. The Kier molecular flexibility index (Phi) is 6.04. The molecule has 0 spiro atoms. The van der Waals surface area contributed by atoms with Crippen LogP contribution in [0.1, 0.15) is 44.7 Å². The minimum absolute atomic E-state index is 0.318. The lowest BCUT2D eigenvalue weighted by Gasteiger charge is -2.13. The molecule has 2 aromatic heterocycles. The highest BCUT2D eigenvalue weighted by molar-refractivity contribution is 7.13. The molecular formula is C21H23FN4O3S. The zero-order valence-electron chi connectivity index (χ0n) is 17.3. The van der Waals surface area contributed by atoms with Crippen LogP contribution in [0, 0.1) is 33.5 Å². The number of aryl methyl sites for hydroxylation is 2. The van der Waals surface area contributed by atoms with Gasteiger partial charge in [-0.1, -0.05) is 0 Å². The number of aliphatic hydroxyl groups is 1. The minimum atomic E-state index is -1.48. The van der Waals surface area contributed by atoms with Crippen LogP contribution in [0.3, 0.4) is 0 Å². The molecule has 1 atom stereocenters. The van der Waals surface area contributed by atoms with Gasteiger partial charge in [-0.2, -0.15) is 0 Å². The van der Waals surface area contributed by atoms with E-state index in [2.05, 4.69) is 15.6 Å². The molecule has 30 heavy (non-hydrogen) atoms. The van der Waals surface area contributed by atoms with Crippen molar-refractivity contribution in [2.75, 3.05) is 10.6 Å². The summed E-state index contributed by atoms with van der Waals surface area (Å²) < 4.78 is 15.1. The van der Waals surface area contributed by atoms with E-state index in [-0.39, 0.29) is 5.82 Å². The number of hydrogen-bond acceptors (Lipinski definition) is 5. The largest absolute Gasteiger partial charge is 0.377 e. The van der Waals surface area contributed by atoms with Crippen molar-refractivity contribution in [2.45, 2.75) is 33.8 Å². The van der Waals surface area contributed by atoms with Gasteiger partial charge in [-0.05, 0) is 57.0 Å². The maximum Gasteiger partial charge on any atom is 0.261 e. The maximum absolute atomic E-state index is 13.5. The molecule has 0 fully saturated rings. The van der Waals surface area contributed by atoms with Crippen LogP contribution in [-0.4, -0.2) is 26.5 Å². The number of hydrogen-bond donors (Lipinski definition) is 3. The molecule has 2 amide bonds. The predicted octanol–water partition coefficient (Wildman–Crippen LogP) is 3.78. The molecule has 0 saturated heterocycles. The van der Waals surface area contributed by atoms with E-state index in [0.29, 0.717) is 38.9 Å². The van der Waals surface area contributed by atoms with Crippen LogP contribution in [0.4, 0.5) is 15.2 Å². The second-order valence-corrected chi connectivity index (χ2v) is 7.99. The van der Waals surface area contributed by atoms with Crippen LogP contribution < -0.4 is 10.6 Å². The number of nitrogens with one attached hydrogen (secondary N) is 2. The van der Waals surface area contributed by atoms with Crippen LogP contribution in [-0.2, 0) is 11.8 Å². The van der Waals surface area contributed by atoms with E-state index in [9.17, 15) is 19.1 Å². The molecule has 3 aromatic rings. The molecule has 1 aromatic carbocycles. The third kappa shape index (κ3) is 4.12. The Morgan fingerprint density at radius 2 is 1.90 bits per heavy atom. The normalized spacial score (nSPS) is 12.0. The average Bonchev–Trinajstić information content (AvgIpc) is 3.18. The SMILES string of the molecule is Cc1csc(NC(=O)C(O)c2c(C)c(C(=O)Nc3ccc(F)c(C)c3)c(C)n2C)n1. The Balaban J connectivity index is 1.87. The first-order valence-electron chi connectivity index (χ1n) is 9.24. The molecule has 0 aliphatic carbocycles. The monoisotopic (exact) mass is 430 g/mol. The summed E-state index contributed by atoms with van der Waals surface area (Å²) in [7, 11) is 1.68. The highest BCUT2D eigenvalue weighted by Crippen LogP contribution is 2.28. The van der Waals surface area contributed by atoms with E-state index in [1.54, 1.807) is 50.8 Å². The fourth-order valence-electron chi connectivity index (χ4n) is 3.35. The zero-order valence-corrected chi connectivity index (χ0v) is 18.1. The summed E-state index contributed by atoms with van der Waals surface area (Å²) in [5.74, 6) is -1.39. The Morgan fingerprint density at radius 1 is 1.20 bits per heavy atom. The predicted molar refractivity (Wildman–Crippen MR) is 114 cm³/mol. The lowest BCUT2D eigenvalue weighted by Crippen LogP contribution is -2.23. The van der Waals surface area contributed by atoms with Crippen LogP contribution in [0.25, 0.3) is 0 Å². The van der Waals surface area contributed by atoms with Gasteiger partial charge in [0.25, 0.3) is 11.8 Å². The topological polar surface area (TPSA) is 96.3 Å². The van der Waals surface area contributed by atoms with Crippen molar-refractivity contribution in [1.29, 1.82) is 0 Å².